The first kappa shape index (κ1) is 17.1. The molecule has 0 bridgehead atoms. The van der Waals surface area contributed by atoms with Gasteiger partial charge in [-0.1, -0.05) is 36.4 Å². The van der Waals surface area contributed by atoms with Crippen molar-refractivity contribution in [3.8, 4) is 0 Å². The molecule has 0 radical (unpaired) electrons. The van der Waals surface area contributed by atoms with Crippen LogP contribution in [0.5, 0.6) is 0 Å². The molecule has 2 aromatic carbocycles. The number of H-pyrrole nitrogens is 1. The first-order valence-corrected chi connectivity index (χ1v) is 8.98. The fourth-order valence-corrected chi connectivity index (χ4v) is 3.93. The van der Waals surface area contributed by atoms with E-state index in [-0.39, 0.29) is 24.2 Å². The number of aromatic nitrogens is 3. The molecule has 0 aliphatic carbocycles. The van der Waals surface area contributed by atoms with Crippen molar-refractivity contribution in [1.29, 1.82) is 0 Å². The maximum Gasteiger partial charge on any atom is 0.351 e. The highest BCUT2D eigenvalue weighted by Crippen LogP contribution is 2.30. The summed E-state index contributed by atoms with van der Waals surface area (Å²) in [6.07, 6.45) is -0.589. The van der Waals surface area contributed by atoms with E-state index >= 15 is 0 Å². The molecule has 28 heavy (non-hydrogen) atoms. The molecule has 2 aromatic heterocycles. The van der Waals surface area contributed by atoms with Crippen LogP contribution >= 0.6 is 0 Å². The first-order valence-electron chi connectivity index (χ1n) is 8.98. The predicted molar refractivity (Wildman–Crippen MR) is 103 cm³/mol. The Bertz CT molecular complexity index is 1340. The number of benzene rings is 2. The second kappa shape index (κ2) is 6.23. The smallest absolute Gasteiger partial charge is 0.351 e. The molecule has 5 rings (SSSR count). The minimum absolute atomic E-state index is 0.169. The van der Waals surface area contributed by atoms with Crippen molar-refractivity contribution in [1.82, 2.24) is 14.5 Å². The molecule has 8 heteroatoms. The minimum Gasteiger partial charge on any atom is -0.394 e. The van der Waals surface area contributed by atoms with Gasteiger partial charge in [0, 0.05) is 23.4 Å². The van der Waals surface area contributed by atoms with Gasteiger partial charge in [0.15, 0.2) is 0 Å². The summed E-state index contributed by atoms with van der Waals surface area (Å²) in [5.74, 6) is 0. The Hall–Kier alpha value is -3.07. The molecule has 1 saturated heterocycles. The third-order valence-corrected chi connectivity index (χ3v) is 5.32. The number of nitrogens with one attached hydrogen (secondary N) is 1. The number of aliphatic hydroxyl groups excluding tert-OH is 2. The number of rotatable bonds is 2. The quantitative estimate of drug-likeness (QED) is 0.448. The van der Waals surface area contributed by atoms with Crippen LogP contribution in [0.2, 0.25) is 0 Å². The largest absolute Gasteiger partial charge is 0.394 e. The highest BCUT2D eigenvalue weighted by molar-refractivity contribution is 6.15. The Kier molecular flexibility index (Phi) is 3.80. The van der Waals surface area contributed by atoms with Crippen LogP contribution in [0.15, 0.2) is 52.2 Å². The predicted octanol–water partition coefficient (Wildman–Crippen LogP) is 1.03. The SMILES string of the molecule is O=c1[nH]c2nc(=O)n([C@H]3C[C@H](O)[C@@H](CO)O3)cc2c2ccc3ccccc3c12. The second-order valence-electron chi connectivity index (χ2n) is 6.97. The Balaban J connectivity index is 1.80. The van der Waals surface area contributed by atoms with Gasteiger partial charge < -0.3 is 19.9 Å². The van der Waals surface area contributed by atoms with Gasteiger partial charge in [-0.05, 0) is 10.8 Å². The Morgan fingerprint density at radius 1 is 1.14 bits per heavy atom. The zero-order valence-electron chi connectivity index (χ0n) is 14.7. The molecule has 3 N–H and O–H groups in total. The van der Waals surface area contributed by atoms with E-state index in [1.807, 2.05) is 36.4 Å². The number of hydrogen-bond acceptors (Lipinski definition) is 6. The zero-order chi connectivity index (χ0) is 19.4. The van der Waals surface area contributed by atoms with Crippen LogP contribution in [0, 0.1) is 0 Å². The topological polar surface area (TPSA) is 117 Å². The van der Waals surface area contributed by atoms with Crippen LogP contribution in [0.3, 0.4) is 0 Å². The van der Waals surface area contributed by atoms with E-state index in [9.17, 15) is 19.8 Å². The summed E-state index contributed by atoms with van der Waals surface area (Å²) in [6, 6.07) is 11.3. The van der Waals surface area contributed by atoms with E-state index in [4.69, 9.17) is 4.74 Å². The molecule has 0 unspecified atom stereocenters. The third-order valence-electron chi connectivity index (χ3n) is 5.32. The molecular weight excluding hydrogens is 362 g/mol. The normalized spacial score (nSPS) is 22.4. The number of pyridine rings is 1. The zero-order valence-corrected chi connectivity index (χ0v) is 14.7. The summed E-state index contributed by atoms with van der Waals surface area (Å²) in [7, 11) is 0. The Labute approximate surface area is 157 Å². The maximum absolute atomic E-state index is 12.7. The van der Waals surface area contributed by atoms with E-state index in [2.05, 4.69) is 9.97 Å². The lowest BCUT2D eigenvalue weighted by molar-refractivity contribution is -0.0457. The molecular formula is C20H17N3O5. The van der Waals surface area contributed by atoms with E-state index < -0.39 is 24.1 Å². The van der Waals surface area contributed by atoms with Crippen molar-refractivity contribution < 1.29 is 14.9 Å². The fraction of sp³-hybridized carbons (Fsp3) is 0.250. The van der Waals surface area contributed by atoms with Gasteiger partial charge in [0.2, 0.25) is 0 Å². The summed E-state index contributed by atoms with van der Waals surface area (Å²) in [5, 5.41) is 22.8. The van der Waals surface area contributed by atoms with Crippen LogP contribution in [0.25, 0.3) is 32.6 Å². The molecule has 1 aliphatic heterocycles. The van der Waals surface area contributed by atoms with Crippen LogP contribution in [0.4, 0.5) is 0 Å². The van der Waals surface area contributed by atoms with Crippen LogP contribution in [-0.2, 0) is 4.74 Å². The Morgan fingerprint density at radius 2 is 1.96 bits per heavy atom. The van der Waals surface area contributed by atoms with E-state index in [0.29, 0.717) is 16.2 Å². The van der Waals surface area contributed by atoms with E-state index in [1.165, 1.54) is 4.57 Å². The second-order valence-corrected chi connectivity index (χ2v) is 6.97. The van der Waals surface area contributed by atoms with Crippen LogP contribution in [0.1, 0.15) is 12.6 Å². The van der Waals surface area contributed by atoms with Gasteiger partial charge in [-0.25, -0.2) is 4.79 Å². The van der Waals surface area contributed by atoms with Gasteiger partial charge in [-0.2, -0.15) is 4.98 Å². The molecule has 142 valence electrons. The molecule has 3 heterocycles. The number of fused-ring (bicyclic) bond motifs is 5. The number of aromatic amines is 1. The maximum atomic E-state index is 12.7. The lowest BCUT2D eigenvalue weighted by Crippen LogP contribution is -2.28. The van der Waals surface area contributed by atoms with Gasteiger partial charge in [0.1, 0.15) is 18.0 Å². The van der Waals surface area contributed by atoms with Crippen LogP contribution < -0.4 is 11.2 Å². The molecule has 3 atom stereocenters. The summed E-state index contributed by atoms with van der Waals surface area (Å²) in [6.45, 7) is -0.338. The summed E-state index contributed by atoms with van der Waals surface area (Å²) in [5.41, 5.74) is -0.706. The Morgan fingerprint density at radius 3 is 2.75 bits per heavy atom. The molecule has 0 amide bonds. The lowest BCUT2D eigenvalue weighted by atomic mass is 10.0. The summed E-state index contributed by atoms with van der Waals surface area (Å²) in [4.78, 5) is 31.9. The fourth-order valence-electron chi connectivity index (χ4n) is 3.93. The van der Waals surface area contributed by atoms with E-state index in [0.717, 1.165) is 10.8 Å². The van der Waals surface area contributed by atoms with E-state index in [1.54, 1.807) is 6.20 Å². The highest BCUT2D eigenvalue weighted by atomic mass is 16.5. The number of nitrogens with zero attached hydrogens (tertiary/aromatic N) is 2. The summed E-state index contributed by atoms with van der Waals surface area (Å²) < 4.78 is 6.90. The monoisotopic (exact) mass is 379 g/mol. The molecule has 1 fully saturated rings. The van der Waals surface area contributed by atoms with Gasteiger partial charge in [-0.3, -0.25) is 9.36 Å². The molecule has 0 saturated carbocycles. The van der Waals surface area contributed by atoms with Crippen molar-refractivity contribution in [3.05, 3.63) is 63.4 Å². The van der Waals surface area contributed by atoms with Gasteiger partial charge >= 0.3 is 5.69 Å². The van der Waals surface area contributed by atoms with Crippen molar-refractivity contribution in [2.75, 3.05) is 6.61 Å². The molecule has 0 spiro atoms. The third kappa shape index (κ3) is 2.46. The number of hydrogen-bond donors (Lipinski definition) is 3. The highest BCUT2D eigenvalue weighted by Gasteiger charge is 2.35. The average Bonchev–Trinajstić information content (AvgIpc) is 3.07. The van der Waals surface area contributed by atoms with Crippen molar-refractivity contribution in [2.45, 2.75) is 24.9 Å². The van der Waals surface area contributed by atoms with Gasteiger partial charge in [0.05, 0.1) is 18.1 Å². The van der Waals surface area contributed by atoms with Gasteiger partial charge in [0.25, 0.3) is 5.56 Å². The van der Waals surface area contributed by atoms with Gasteiger partial charge in [-0.15, -0.1) is 0 Å². The van der Waals surface area contributed by atoms with Crippen molar-refractivity contribution >= 4 is 32.6 Å². The molecule has 4 aromatic rings. The first-order chi connectivity index (χ1) is 13.6. The molecule has 1 aliphatic rings. The standard InChI is InChI=1S/C20H17N3O5/c24-9-15-14(25)7-16(28-15)23-8-13-12-6-5-10-3-1-2-4-11(10)17(12)19(26)21-18(13)22-20(23)27/h1-6,8,14-16,24-25H,7,9H2,(H,21,22,26,27)/t14-,15+,16+/m0/s1. The minimum atomic E-state index is -0.867. The lowest BCUT2D eigenvalue weighted by Gasteiger charge is -2.15. The molecule has 8 nitrogen and oxygen atoms in total. The van der Waals surface area contributed by atoms with Crippen LogP contribution in [-0.4, -0.2) is 43.6 Å². The average molecular weight is 379 g/mol. The number of ether oxygens (including phenoxy) is 1. The van der Waals surface area contributed by atoms with Crippen molar-refractivity contribution in [2.24, 2.45) is 0 Å². The number of aliphatic hydroxyl groups is 2. The van der Waals surface area contributed by atoms with Crippen molar-refractivity contribution in [3.63, 3.8) is 0 Å². The summed E-state index contributed by atoms with van der Waals surface area (Å²) >= 11 is 0.